The maximum Gasteiger partial charge on any atom is 0.123 e. The van der Waals surface area contributed by atoms with Crippen molar-refractivity contribution >= 4 is 27.1 Å². The van der Waals surface area contributed by atoms with E-state index in [1.807, 2.05) is 38.1 Å². The summed E-state index contributed by atoms with van der Waals surface area (Å²) in [6.45, 7) is 3.85. The molecule has 0 unspecified atom stereocenters. The molecule has 1 N–H and O–H groups in total. The summed E-state index contributed by atoms with van der Waals surface area (Å²) in [5, 5.41) is 10.6. The number of rotatable bonds is 2. The largest absolute Gasteiger partial charge is 0.512 e. The molecule has 0 saturated heterocycles. The van der Waals surface area contributed by atoms with E-state index in [0.717, 1.165) is 20.8 Å². The smallest absolute Gasteiger partial charge is 0.123 e. The number of allylic oxidation sites excluding steroid dienone is 2. The number of nitrogens with zero attached hydrogens (tertiary/aromatic N) is 1. The molecule has 0 aliphatic rings. The summed E-state index contributed by atoms with van der Waals surface area (Å²) < 4.78 is 1.16. The summed E-state index contributed by atoms with van der Waals surface area (Å²) in [5.74, 6) is 0.425. The molecule has 1 aromatic heterocycles. The molecule has 2 nitrogen and oxygen atoms in total. The molecule has 0 atom stereocenters. The van der Waals surface area contributed by atoms with Gasteiger partial charge in [0.15, 0.2) is 0 Å². The second kappa shape index (κ2) is 4.03. The van der Waals surface area contributed by atoms with Crippen molar-refractivity contribution in [3.63, 3.8) is 0 Å². The van der Waals surface area contributed by atoms with Crippen molar-refractivity contribution in [2.75, 3.05) is 0 Å². The predicted molar refractivity (Wildman–Crippen MR) is 65.1 cm³/mol. The van der Waals surface area contributed by atoms with Gasteiger partial charge in [-0.05, 0) is 19.1 Å². The van der Waals surface area contributed by atoms with Gasteiger partial charge in [-0.3, -0.25) is 0 Å². The number of aromatic nitrogens is 1. The Hall–Kier alpha value is -1.35. The molecule has 1 heterocycles. The van der Waals surface area contributed by atoms with Crippen molar-refractivity contribution in [3.8, 4) is 0 Å². The number of thiazole rings is 1. The predicted octanol–water partition coefficient (Wildman–Crippen LogP) is 4.00. The Balaban J connectivity index is 2.54. The highest BCUT2D eigenvalue weighted by molar-refractivity contribution is 7.19. The van der Waals surface area contributed by atoms with Gasteiger partial charge < -0.3 is 5.11 Å². The van der Waals surface area contributed by atoms with Crippen molar-refractivity contribution in [2.45, 2.75) is 20.3 Å². The van der Waals surface area contributed by atoms with Crippen LogP contribution in [0.5, 0.6) is 0 Å². The SMILES string of the molecule is CC/C(O)=C(\C)c1nc2ccccc2s1. The van der Waals surface area contributed by atoms with E-state index in [4.69, 9.17) is 0 Å². The summed E-state index contributed by atoms with van der Waals surface area (Å²) >= 11 is 1.62. The molecule has 0 aliphatic carbocycles. The molecule has 0 fully saturated rings. The number of hydrogen-bond acceptors (Lipinski definition) is 3. The third kappa shape index (κ3) is 1.88. The second-order valence-electron chi connectivity index (χ2n) is 3.41. The molecule has 0 aliphatic heterocycles. The van der Waals surface area contributed by atoms with Crippen LogP contribution < -0.4 is 0 Å². The topological polar surface area (TPSA) is 33.1 Å². The van der Waals surface area contributed by atoms with Gasteiger partial charge in [-0.1, -0.05) is 19.1 Å². The Labute approximate surface area is 92.9 Å². The van der Waals surface area contributed by atoms with Gasteiger partial charge in [0.1, 0.15) is 5.01 Å². The minimum atomic E-state index is 0.425. The monoisotopic (exact) mass is 219 g/mol. The van der Waals surface area contributed by atoms with Crippen LogP contribution in [0.15, 0.2) is 30.0 Å². The van der Waals surface area contributed by atoms with Gasteiger partial charge in [0.05, 0.1) is 16.0 Å². The van der Waals surface area contributed by atoms with Crippen molar-refractivity contribution in [1.29, 1.82) is 0 Å². The molecular weight excluding hydrogens is 206 g/mol. The highest BCUT2D eigenvalue weighted by atomic mass is 32.1. The van der Waals surface area contributed by atoms with E-state index >= 15 is 0 Å². The maximum atomic E-state index is 9.65. The van der Waals surface area contributed by atoms with Crippen LogP contribution in [0.25, 0.3) is 15.8 Å². The van der Waals surface area contributed by atoms with E-state index in [1.54, 1.807) is 11.3 Å². The lowest BCUT2D eigenvalue weighted by atomic mass is 10.2. The lowest BCUT2D eigenvalue weighted by Gasteiger charge is -1.98. The fourth-order valence-electron chi connectivity index (χ4n) is 1.42. The molecule has 0 amide bonds. The zero-order valence-electron chi connectivity index (χ0n) is 8.82. The van der Waals surface area contributed by atoms with Gasteiger partial charge in [0.25, 0.3) is 0 Å². The molecule has 2 aromatic rings. The van der Waals surface area contributed by atoms with E-state index in [9.17, 15) is 5.11 Å². The normalized spacial score (nSPS) is 12.9. The number of aliphatic hydroxyl groups excluding tert-OH is 1. The van der Waals surface area contributed by atoms with Crippen molar-refractivity contribution in [1.82, 2.24) is 4.98 Å². The average Bonchev–Trinajstić information content (AvgIpc) is 2.70. The van der Waals surface area contributed by atoms with Crippen molar-refractivity contribution in [2.24, 2.45) is 0 Å². The fourth-order valence-corrected chi connectivity index (χ4v) is 2.41. The van der Waals surface area contributed by atoms with E-state index in [1.165, 1.54) is 0 Å². The van der Waals surface area contributed by atoms with Gasteiger partial charge >= 0.3 is 0 Å². The van der Waals surface area contributed by atoms with Crippen LogP contribution in [0.4, 0.5) is 0 Å². The summed E-state index contributed by atoms with van der Waals surface area (Å²) in [7, 11) is 0. The number of fused-ring (bicyclic) bond motifs is 1. The Morgan fingerprint density at radius 3 is 2.80 bits per heavy atom. The minimum absolute atomic E-state index is 0.425. The van der Waals surface area contributed by atoms with Crippen molar-refractivity contribution in [3.05, 3.63) is 35.0 Å². The van der Waals surface area contributed by atoms with Crippen LogP contribution in [0.3, 0.4) is 0 Å². The highest BCUT2D eigenvalue weighted by Gasteiger charge is 2.07. The summed E-state index contributed by atoms with van der Waals surface area (Å²) in [4.78, 5) is 4.48. The third-order valence-corrected chi connectivity index (χ3v) is 3.54. The highest BCUT2D eigenvalue weighted by Crippen LogP contribution is 2.28. The zero-order valence-corrected chi connectivity index (χ0v) is 9.64. The minimum Gasteiger partial charge on any atom is -0.512 e. The number of para-hydroxylation sites is 1. The van der Waals surface area contributed by atoms with E-state index in [0.29, 0.717) is 12.2 Å². The standard InChI is InChI=1S/C12H13NOS/c1-3-10(14)8(2)12-13-9-6-4-5-7-11(9)15-12/h4-7,14H,3H2,1-2H3/b10-8-. The quantitative estimate of drug-likeness (QED) is 0.774. The molecule has 1 aromatic carbocycles. The summed E-state index contributed by atoms with van der Waals surface area (Å²) in [5.41, 5.74) is 1.89. The Bertz CT molecular complexity index is 480. The third-order valence-electron chi connectivity index (χ3n) is 2.38. The summed E-state index contributed by atoms with van der Waals surface area (Å²) in [6.07, 6.45) is 0.655. The number of aliphatic hydroxyl groups is 1. The number of hydrogen-bond donors (Lipinski definition) is 1. The van der Waals surface area contributed by atoms with Crippen LogP contribution in [0, 0.1) is 0 Å². The molecule has 0 radical (unpaired) electrons. The van der Waals surface area contributed by atoms with Crippen LogP contribution in [0.1, 0.15) is 25.3 Å². The average molecular weight is 219 g/mol. The Morgan fingerprint density at radius 2 is 2.13 bits per heavy atom. The van der Waals surface area contributed by atoms with Crippen LogP contribution in [-0.4, -0.2) is 10.1 Å². The fraction of sp³-hybridized carbons (Fsp3) is 0.250. The first kappa shape index (κ1) is 10.2. The molecule has 0 bridgehead atoms. The van der Waals surface area contributed by atoms with Gasteiger partial charge in [0, 0.05) is 12.0 Å². The zero-order chi connectivity index (χ0) is 10.8. The molecule has 78 valence electrons. The van der Waals surface area contributed by atoms with E-state index in [2.05, 4.69) is 4.98 Å². The number of benzene rings is 1. The van der Waals surface area contributed by atoms with Gasteiger partial charge in [-0.25, -0.2) is 4.98 Å². The van der Waals surface area contributed by atoms with Gasteiger partial charge in [-0.15, -0.1) is 11.3 Å². The maximum absolute atomic E-state index is 9.65. The molecule has 0 spiro atoms. The Kier molecular flexibility index (Phi) is 2.73. The van der Waals surface area contributed by atoms with Crippen molar-refractivity contribution < 1.29 is 5.11 Å². The van der Waals surface area contributed by atoms with Gasteiger partial charge in [-0.2, -0.15) is 0 Å². The molecule has 0 saturated carbocycles. The summed E-state index contributed by atoms with van der Waals surface area (Å²) in [6, 6.07) is 8.02. The first-order chi connectivity index (χ1) is 7.22. The molecule has 3 heteroatoms. The molecular formula is C12H13NOS. The van der Waals surface area contributed by atoms with Crippen LogP contribution >= 0.6 is 11.3 Å². The van der Waals surface area contributed by atoms with Crippen LogP contribution in [0.2, 0.25) is 0 Å². The Morgan fingerprint density at radius 1 is 1.40 bits per heavy atom. The first-order valence-electron chi connectivity index (χ1n) is 4.97. The van der Waals surface area contributed by atoms with Crippen LogP contribution in [-0.2, 0) is 0 Å². The van der Waals surface area contributed by atoms with E-state index in [-0.39, 0.29) is 0 Å². The lowest BCUT2D eigenvalue weighted by Crippen LogP contribution is -1.85. The lowest BCUT2D eigenvalue weighted by molar-refractivity contribution is 0.397. The first-order valence-corrected chi connectivity index (χ1v) is 5.78. The van der Waals surface area contributed by atoms with Gasteiger partial charge in [0.2, 0.25) is 0 Å². The molecule has 15 heavy (non-hydrogen) atoms. The molecule has 2 rings (SSSR count). The second-order valence-corrected chi connectivity index (χ2v) is 4.44. The van der Waals surface area contributed by atoms with E-state index < -0.39 is 0 Å².